The highest BCUT2D eigenvalue weighted by Gasteiger charge is 2.06. The highest BCUT2D eigenvalue weighted by molar-refractivity contribution is 9.13. The number of ether oxygens (including phenoxy) is 1. The normalized spacial score (nSPS) is 12.3. The molecule has 0 saturated carbocycles. The van der Waals surface area contributed by atoms with Crippen LogP contribution in [0.15, 0.2) is 49.0 Å². The molecule has 1 N–H and O–H groups in total. The number of benzene rings is 1. The minimum Gasteiger partial charge on any atom is -0.484 e. The second kappa shape index (κ2) is 9.03. The van der Waals surface area contributed by atoms with E-state index in [1.54, 1.807) is 6.07 Å². The molecule has 5 nitrogen and oxygen atoms in total. The summed E-state index contributed by atoms with van der Waals surface area (Å²) < 4.78 is 12.1. The van der Waals surface area contributed by atoms with Crippen LogP contribution in [0.4, 0.5) is 0 Å². The van der Waals surface area contributed by atoms with Gasteiger partial charge in [0.15, 0.2) is 11.3 Å². The molecule has 128 valence electrons. The van der Waals surface area contributed by atoms with Crippen molar-refractivity contribution in [2.45, 2.75) is 26.2 Å². The Morgan fingerprint density at radius 2 is 2.08 bits per heavy atom. The second-order valence-corrected chi connectivity index (χ2v) is 6.81. The first-order valence-electron chi connectivity index (χ1n) is 7.49. The number of hydrazone groups is 1. The van der Waals surface area contributed by atoms with Crippen LogP contribution in [-0.2, 0) is 4.79 Å². The highest BCUT2D eigenvalue weighted by atomic mass is 79.9. The smallest absolute Gasteiger partial charge is 0.277 e. The van der Waals surface area contributed by atoms with E-state index in [0.29, 0.717) is 22.1 Å². The van der Waals surface area contributed by atoms with Crippen molar-refractivity contribution >= 4 is 44.0 Å². The van der Waals surface area contributed by atoms with Gasteiger partial charge in [0.25, 0.3) is 5.91 Å². The van der Waals surface area contributed by atoms with Gasteiger partial charge in [0.2, 0.25) is 0 Å². The van der Waals surface area contributed by atoms with Crippen LogP contribution in [0.1, 0.15) is 37.5 Å². The predicted molar refractivity (Wildman–Crippen MR) is 100 cm³/mol. The summed E-state index contributed by atoms with van der Waals surface area (Å²) in [5.74, 6) is 1.33. The lowest BCUT2D eigenvalue weighted by Gasteiger charge is -2.10. The topological polar surface area (TPSA) is 63.8 Å². The minimum absolute atomic E-state index is 0.106. The number of nitrogens with zero attached hydrogens (tertiary/aromatic N) is 1. The second-order valence-electron chi connectivity index (χ2n) is 5.23. The predicted octanol–water partition coefficient (Wildman–Crippen LogP) is 4.85. The maximum Gasteiger partial charge on any atom is 0.277 e. The average Bonchev–Trinajstić information content (AvgIpc) is 2.90. The van der Waals surface area contributed by atoms with Crippen molar-refractivity contribution in [1.29, 1.82) is 0 Å². The van der Waals surface area contributed by atoms with E-state index in [1.807, 2.05) is 24.3 Å². The van der Waals surface area contributed by atoms with Crippen LogP contribution in [-0.4, -0.2) is 18.7 Å². The molecule has 2 rings (SSSR count). The van der Waals surface area contributed by atoms with Crippen LogP contribution in [0.2, 0.25) is 0 Å². The van der Waals surface area contributed by atoms with Crippen molar-refractivity contribution in [2.75, 3.05) is 6.61 Å². The van der Waals surface area contributed by atoms with Crippen molar-refractivity contribution in [1.82, 2.24) is 5.43 Å². The Morgan fingerprint density at radius 1 is 1.38 bits per heavy atom. The van der Waals surface area contributed by atoms with E-state index in [4.69, 9.17) is 9.15 Å². The number of carbonyl (C=O) groups excluding carboxylic acids is 1. The number of rotatable bonds is 7. The Kier molecular flexibility index (Phi) is 7.05. The molecule has 1 aromatic heterocycles. The fraction of sp³-hybridized carbons (Fsp3) is 0.294. The molecule has 1 amide bonds. The van der Waals surface area contributed by atoms with Crippen LogP contribution < -0.4 is 10.2 Å². The molecule has 0 radical (unpaired) electrons. The van der Waals surface area contributed by atoms with E-state index in [-0.39, 0.29) is 12.5 Å². The summed E-state index contributed by atoms with van der Waals surface area (Å²) in [6, 6.07) is 9.51. The molecule has 0 saturated heterocycles. The van der Waals surface area contributed by atoms with E-state index in [2.05, 4.69) is 56.2 Å². The van der Waals surface area contributed by atoms with Gasteiger partial charge in [-0.1, -0.05) is 26.0 Å². The van der Waals surface area contributed by atoms with Gasteiger partial charge in [-0.2, -0.15) is 5.10 Å². The number of nitrogens with one attached hydrogen (secondary N) is 1. The summed E-state index contributed by atoms with van der Waals surface area (Å²) in [5.41, 5.74) is 3.64. The molecular formula is C17H18Br2N2O3. The van der Waals surface area contributed by atoms with Gasteiger partial charge in [-0.05, 0) is 61.9 Å². The third-order valence-electron chi connectivity index (χ3n) is 3.48. The van der Waals surface area contributed by atoms with E-state index in [0.717, 1.165) is 10.9 Å². The van der Waals surface area contributed by atoms with E-state index >= 15 is 0 Å². The van der Waals surface area contributed by atoms with Crippen LogP contribution in [0.25, 0.3) is 0 Å². The zero-order chi connectivity index (χ0) is 17.5. The van der Waals surface area contributed by atoms with Gasteiger partial charge < -0.3 is 9.15 Å². The highest BCUT2D eigenvalue weighted by Crippen LogP contribution is 2.25. The third-order valence-corrected chi connectivity index (χ3v) is 5.19. The van der Waals surface area contributed by atoms with Crippen LogP contribution in [0.3, 0.4) is 0 Å². The molecule has 1 heterocycles. The molecule has 2 aromatic rings. The maximum atomic E-state index is 11.7. The van der Waals surface area contributed by atoms with Gasteiger partial charge in [-0.25, -0.2) is 5.43 Å². The first kappa shape index (κ1) is 18.7. The lowest BCUT2D eigenvalue weighted by molar-refractivity contribution is -0.123. The quantitative estimate of drug-likeness (QED) is 0.477. The molecule has 1 aromatic carbocycles. The molecule has 7 heteroatoms. The standard InChI is InChI=1S/C17H18Br2N2O3/c1-3-11(2)12-4-6-13(7-5-12)23-10-16(22)21-20-9-14-8-15(18)17(19)24-14/h4-9,11H,3,10H2,1-2H3,(H,21,22). The first-order chi connectivity index (χ1) is 11.5. The maximum absolute atomic E-state index is 11.7. The van der Waals surface area contributed by atoms with Gasteiger partial charge >= 0.3 is 0 Å². The summed E-state index contributed by atoms with van der Waals surface area (Å²) in [5, 5.41) is 3.82. The molecule has 0 spiro atoms. The van der Waals surface area contributed by atoms with Gasteiger partial charge in [0, 0.05) is 6.07 Å². The van der Waals surface area contributed by atoms with Crippen LogP contribution in [0.5, 0.6) is 5.75 Å². The van der Waals surface area contributed by atoms with Crippen molar-refractivity contribution in [3.8, 4) is 5.75 Å². The Balaban J connectivity index is 1.78. The van der Waals surface area contributed by atoms with Crippen molar-refractivity contribution in [2.24, 2.45) is 5.10 Å². The Bertz CT molecular complexity index is 692. The zero-order valence-electron chi connectivity index (χ0n) is 13.4. The molecule has 0 aliphatic heterocycles. The molecule has 1 atom stereocenters. The lowest BCUT2D eigenvalue weighted by Crippen LogP contribution is -2.24. The van der Waals surface area contributed by atoms with E-state index < -0.39 is 0 Å². The van der Waals surface area contributed by atoms with Crippen LogP contribution >= 0.6 is 31.9 Å². The summed E-state index contributed by atoms with van der Waals surface area (Å²) in [6.07, 6.45) is 2.50. The molecule has 24 heavy (non-hydrogen) atoms. The Hall–Kier alpha value is -1.60. The molecule has 0 aliphatic rings. The molecule has 0 bridgehead atoms. The van der Waals surface area contributed by atoms with Crippen molar-refractivity contribution < 1.29 is 13.9 Å². The molecule has 0 aliphatic carbocycles. The molecule has 1 unspecified atom stereocenters. The Morgan fingerprint density at radius 3 is 2.67 bits per heavy atom. The Labute approximate surface area is 157 Å². The van der Waals surface area contributed by atoms with Gasteiger partial charge in [0.1, 0.15) is 11.5 Å². The SMILES string of the molecule is CCC(C)c1ccc(OCC(=O)NN=Cc2cc(Br)c(Br)o2)cc1. The number of carbonyl (C=O) groups is 1. The van der Waals surface area contributed by atoms with Gasteiger partial charge in [-0.3, -0.25) is 4.79 Å². The summed E-state index contributed by atoms with van der Waals surface area (Å²) in [4.78, 5) is 11.7. The van der Waals surface area contributed by atoms with Crippen molar-refractivity contribution in [3.05, 3.63) is 50.8 Å². The fourth-order valence-corrected chi connectivity index (χ4v) is 2.51. The largest absolute Gasteiger partial charge is 0.484 e. The lowest BCUT2D eigenvalue weighted by atomic mass is 9.99. The minimum atomic E-state index is -0.345. The van der Waals surface area contributed by atoms with Crippen LogP contribution in [0, 0.1) is 0 Å². The molecular weight excluding hydrogens is 440 g/mol. The zero-order valence-corrected chi connectivity index (χ0v) is 16.6. The fourth-order valence-electron chi connectivity index (χ4n) is 1.90. The van der Waals surface area contributed by atoms with Gasteiger partial charge in [0.05, 0.1) is 10.7 Å². The number of amides is 1. The number of furan rings is 1. The monoisotopic (exact) mass is 456 g/mol. The number of halogens is 2. The summed E-state index contributed by atoms with van der Waals surface area (Å²) in [6.45, 7) is 4.23. The van der Waals surface area contributed by atoms with E-state index in [1.165, 1.54) is 11.8 Å². The summed E-state index contributed by atoms with van der Waals surface area (Å²) in [7, 11) is 0. The summed E-state index contributed by atoms with van der Waals surface area (Å²) >= 11 is 6.52. The number of hydrogen-bond acceptors (Lipinski definition) is 4. The average molecular weight is 458 g/mol. The van der Waals surface area contributed by atoms with Crippen molar-refractivity contribution in [3.63, 3.8) is 0 Å². The molecule has 0 fully saturated rings. The van der Waals surface area contributed by atoms with Gasteiger partial charge in [-0.15, -0.1) is 0 Å². The first-order valence-corrected chi connectivity index (χ1v) is 9.07. The third kappa shape index (κ3) is 5.49. The van der Waals surface area contributed by atoms with E-state index in [9.17, 15) is 4.79 Å². The number of hydrogen-bond donors (Lipinski definition) is 1.